The van der Waals surface area contributed by atoms with E-state index in [1.807, 2.05) is 6.07 Å². The highest BCUT2D eigenvalue weighted by Crippen LogP contribution is 2.40. The lowest BCUT2D eigenvalue weighted by Gasteiger charge is -2.42. The molecule has 0 aromatic heterocycles. The van der Waals surface area contributed by atoms with Crippen LogP contribution in [-0.4, -0.2) is 34.5 Å². The molecule has 0 saturated carbocycles. The van der Waals surface area contributed by atoms with Gasteiger partial charge in [-0.15, -0.1) is 0 Å². The molecule has 8 nitrogen and oxygen atoms in total. The lowest BCUT2D eigenvalue weighted by atomic mass is 9.92. The van der Waals surface area contributed by atoms with Crippen LogP contribution in [0.2, 0.25) is 0 Å². The molecule has 0 fully saturated rings. The summed E-state index contributed by atoms with van der Waals surface area (Å²) in [6.45, 7) is 0.600. The van der Waals surface area contributed by atoms with E-state index in [-0.39, 0.29) is 28.1 Å². The molecule has 1 atom stereocenters. The molecule has 1 aliphatic heterocycles. The van der Waals surface area contributed by atoms with Gasteiger partial charge >= 0.3 is 18.2 Å². The summed E-state index contributed by atoms with van der Waals surface area (Å²) in [5.74, 6) is -2.39. The molecule has 0 unspecified atom stereocenters. The van der Waals surface area contributed by atoms with E-state index in [4.69, 9.17) is 11.0 Å². The molecule has 1 aliphatic rings. The highest BCUT2D eigenvalue weighted by atomic mass is 19.4. The van der Waals surface area contributed by atoms with E-state index < -0.39 is 42.2 Å². The van der Waals surface area contributed by atoms with Gasteiger partial charge in [0.05, 0.1) is 34.5 Å². The van der Waals surface area contributed by atoms with Crippen molar-refractivity contribution in [3.05, 3.63) is 76.5 Å². The molecule has 2 aromatic carbocycles. The number of halogens is 3. The molecule has 33 heavy (non-hydrogen) atoms. The summed E-state index contributed by atoms with van der Waals surface area (Å²) in [7, 11) is 0. The Bertz CT molecular complexity index is 1200. The van der Waals surface area contributed by atoms with Gasteiger partial charge in [-0.1, -0.05) is 18.2 Å². The predicted molar refractivity (Wildman–Crippen MR) is 109 cm³/mol. The van der Waals surface area contributed by atoms with Gasteiger partial charge in [0.1, 0.15) is 6.54 Å². The second kappa shape index (κ2) is 8.66. The number of benzene rings is 2. The summed E-state index contributed by atoms with van der Waals surface area (Å²) in [6.07, 6.45) is -4.69. The number of carbonyl (C=O) groups excluding carboxylic acids is 2. The maximum Gasteiger partial charge on any atom is 0.416 e. The molecule has 0 saturated heterocycles. The zero-order valence-corrected chi connectivity index (χ0v) is 17.1. The first-order valence-corrected chi connectivity index (χ1v) is 9.46. The quantitative estimate of drug-likeness (QED) is 0.710. The number of nitriles is 1. The van der Waals surface area contributed by atoms with Crippen LogP contribution in [0.1, 0.15) is 29.7 Å². The molecule has 0 spiro atoms. The van der Waals surface area contributed by atoms with Crippen molar-refractivity contribution in [3.8, 4) is 6.07 Å². The Morgan fingerprint density at radius 2 is 1.82 bits per heavy atom. The van der Waals surface area contributed by atoms with Crippen molar-refractivity contribution >= 4 is 23.6 Å². The number of hydrogen-bond acceptors (Lipinski definition) is 4. The van der Waals surface area contributed by atoms with Crippen LogP contribution in [0.25, 0.3) is 0 Å². The fourth-order valence-corrected chi connectivity index (χ4v) is 3.67. The Kier molecular flexibility index (Phi) is 6.12. The first-order chi connectivity index (χ1) is 15.5. The van der Waals surface area contributed by atoms with Crippen molar-refractivity contribution in [3.63, 3.8) is 0 Å². The van der Waals surface area contributed by atoms with Crippen molar-refractivity contribution in [1.29, 1.82) is 5.26 Å². The molecular weight excluding hydrogens is 441 g/mol. The Balaban J connectivity index is 2.25. The van der Waals surface area contributed by atoms with E-state index >= 15 is 0 Å². The molecule has 1 heterocycles. The number of alkyl halides is 3. The number of aliphatic carboxylic acids is 1. The Morgan fingerprint density at radius 1 is 1.18 bits per heavy atom. The van der Waals surface area contributed by atoms with E-state index in [1.165, 1.54) is 37.3 Å². The van der Waals surface area contributed by atoms with Crippen LogP contribution in [-0.2, 0) is 15.8 Å². The van der Waals surface area contributed by atoms with Gasteiger partial charge < -0.3 is 15.7 Å². The highest BCUT2D eigenvalue weighted by Gasteiger charge is 2.43. The third kappa shape index (κ3) is 4.50. The number of carboxylic acid groups (broad SMARTS) is 1. The minimum absolute atomic E-state index is 0.123. The molecular formula is C22H17F3N4O4. The van der Waals surface area contributed by atoms with Gasteiger partial charge in [-0.2, -0.15) is 18.4 Å². The van der Waals surface area contributed by atoms with E-state index in [0.29, 0.717) is 6.07 Å². The molecule has 0 aliphatic carbocycles. The number of carbonyl (C=O) groups is 3. The average molecular weight is 458 g/mol. The second-order valence-electron chi connectivity index (χ2n) is 7.20. The van der Waals surface area contributed by atoms with Gasteiger partial charge in [0.15, 0.2) is 0 Å². The first-order valence-electron chi connectivity index (χ1n) is 9.46. The molecule has 3 N–H and O–H groups in total. The minimum atomic E-state index is -4.69. The lowest BCUT2D eigenvalue weighted by Crippen LogP contribution is -2.53. The third-order valence-electron chi connectivity index (χ3n) is 5.09. The Labute approximate surface area is 185 Å². The van der Waals surface area contributed by atoms with Gasteiger partial charge in [-0.05, 0) is 42.8 Å². The number of urea groups is 1. The van der Waals surface area contributed by atoms with E-state index in [0.717, 1.165) is 21.9 Å². The van der Waals surface area contributed by atoms with E-state index in [2.05, 4.69) is 0 Å². The van der Waals surface area contributed by atoms with Gasteiger partial charge in [-0.25, -0.2) is 9.59 Å². The predicted octanol–water partition coefficient (Wildman–Crippen LogP) is 3.40. The van der Waals surface area contributed by atoms with Crippen LogP contribution >= 0.6 is 0 Å². The SMILES string of the molecule is CC1=C(C(=O)O)[C@@H](c2ccc(C#N)cc2)N(CC(N)=O)C(=O)N1c1cccc(C(F)(F)F)c1. The normalized spacial score (nSPS) is 16.6. The van der Waals surface area contributed by atoms with Crippen LogP contribution in [0.15, 0.2) is 59.8 Å². The van der Waals surface area contributed by atoms with Gasteiger partial charge in [0, 0.05) is 5.70 Å². The van der Waals surface area contributed by atoms with Crippen LogP contribution in [0, 0.1) is 11.3 Å². The van der Waals surface area contributed by atoms with Crippen LogP contribution < -0.4 is 10.6 Å². The van der Waals surface area contributed by atoms with Gasteiger partial charge in [0.25, 0.3) is 0 Å². The molecule has 3 amide bonds. The molecule has 11 heteroatoms. The summed E-state index contributed by atoms with van der Waals surface area (Å²) in [6, 6.07) is 9.25. The zero-order valence-electron chi connectivity index (χ0n) is 17.1. The number of allylic oxidation sites excluding steroid dienone is 1. The number of carboxylic acids is 1. The van der Waals surface area contributed by atoms with Crippen molar-refractivity contribution in [2.24, 2.45) is 5.73 Å². The fraction of sp³-hybridized carbons (Fsp3) is 0.182. The largest absolute Gasteiger partial charge is 0.478 e. The maximum absolute atomic E-state index is 13.4. The van der Waals surface area contributed by atoms with Crippen molar-refractivity contribution in [2.45, 2.75) is 19.1 Å². The minimum Gasteiger partial charge on any atom is -0.478 e. The lowest BCUT2D eigenvalue weighted by molar-refractivity contribution is -0.137. The second-order valence-corrected chi connectivity index (χ2v) is 7.20. The van der Waals surface area contributed by atoms with Crippen molar-refractivity contribution < 1.29 is 32.7 Å². The number of nitrogens with zero attached hydrogens (tertiary/aromatic N) is 3. The van der Waals surface area contributed by atoms with Crippen LogP contribution in [0.4, 0.5) is 23.7 Å². The third-order valence-corrected chi connectivity index (χ3v) is 5.09. The number of primary amides is 1. The molecule has 0 bridgehead atoms. The fourth-order valence-electron chi connectivity index (χ4n) is 3.67. The average Bonchev–Trinajstić information content (AvgIpc) is 2.74. The Morgan fingerprint density at radius 3 is 2.33 bits per heavy atom. The van der Waals surface area contributed by atoms with Gasteiger partial charge in [0.2, 0.25) is 5.91 Å². The number of amides is 3. The highest BCUT2D eigenvalue weighted by molar-refractivity contribution is 6.03. The Hall–Kier alpha value is -4.33. The van der Waals surface area contributed by atoms with Crippen LogP contribution in [0.5, 0.6) is 0 Å². The number of nitrogens with two attached hydrogens (primary N) is 1. The maximum atomic E-state index is 13.4. The standard InChI is InChI=1S/C22H17F3N4O4/c1-12-18(20(31)32)19(14-7-5-13(10-26)6-8-14)28(11-17(27)30)21(33)29(12)16-4-2-3-15(9-16)22(23,24)25/h2-9,19H,11H2,1H3,(H2,27,30)(H,31,32)/t19-/m1/s1. The van der Waals surface area contributed by atoms with E-state index in [9.17, 15) is 32.7 Å². The summed E-state index contributed by atoms with van der Waals surface area (Å²) in [5, 5.41) is 19.0. The summed E-state index contributed by atoms with van der Waals surface area (Å²) >= 11 is 0. The summed E-state index contributed by atoms with van der Waals surface area (Å²) in [4.78, 5) is 39.0. The molecule has 0 radical (unpaired) electrons. The molecule has 3 rings (SSSR count). The van der Waals surface area contributed by atoms with Crippen molar-refractivity contribution in [1.82, 2.24) is 4.90 Å². The first kappa shape index (κ1) is 23.3. The number of hydrogen-bond donors (Lipinski definition) is 2. The summed E-state index contributed by atoms with van der Waals surface area (Å²) < 4.78 is 39.7. The van der Waals surface area contributed by atoms with Crippen LogP contribution in [0.3, 0.4) is 0 Å². The topological polar surface area (TPSA) is 128 Å². The summed E-state index contributed by atoms with van der Waals surface area (Å²) in [5.41, 5.74) is 4.13. The number of anilines is 1. The van der Waals surface area contributed by atoms with E-state index in [1.54, 1.807) is 0 Å². The van der Waals surface area contributed by atoms with Gasteiger partial charge in [-0.3, -0.25) is 9.69 Å². The monoisotopic (exact) mass is 458 g/mol. The smallest absolute Gasteiger partial charge is 0.416 e. The zero-order chi connectivity index (χ0) is 24.5. The molecule has 170 valence electrons. The van der Waals surface area contributed by atoms with Crippen molar-refractivity contribution in [2.75, 3.05) is 11.4 Å². The number of rotatable bonds is 5. The molecule has 2 aromatic rings.